The number of nitrogens with one attached hydrogen (secondary N) is 1. The highest BCUT2D eigenvalue weighted by molar-refractivity contribution is 5.79. The Morgan fingerprint density at radius 2 is 1.77 bits per heavy atom. The van der Waals surface area contributed by atoms with Gasteiger partial charge in [0.1, 0.15) is 18.8 Å². The summed E-state index contributed by atoms with van der Waals surface area (Å²) in [6, 6.07) is 8.36. The molecule has 2 aliphatic rings. The molecule has 7 nitrogen and oxygen atoms in total. The van der Waals surface area contributed by atoms with Gasteiger partial charge in [-0.15, -0.1) is 4.65 Å². The molecule has 2 fully saturated rings. The molecule has 0 bridgehead atoms. The lowest BCUT2D eigenvalue weighted by Gasteiger charge is -2.36. The molecular formula is C32H53N4O3+. The van der Waals surface area contributed by atoms with Gasteiger partial charge in [-0.3, -0.25) is 5.43 Å². The highest BCUT2D eigenvalue weighted by Crippen LogP contribution is 2.21. The number of hydrogen-bond acceptors (Lipinski definition) is 6. The molecule has 1 aromatic carbocycles. The molecule has 0 radical (unpaired) electrons. The second-order valence-electron chi connectivity index (χ2n) is 10.1. The molecule has 0 aliphatic carbocycles. The van der Waals surface area contributed by atoms with Crippen LogP contribution in [0.15, 0.2) is 64.2 Å². The van der Waals surface area contributed by atoms with Crippen molar-refractivity contribution in [2.24, 2.45) is 5.10 Å². The molecule has 1 N–H and O–H groups in total. The van der Waals surface area contributed by atoms with Crippen LogP contribution in [-0.2, 0) is 14.3 Å². The first kappa shape index (κ1) is 32.6. The maximum atomic E-state index is 6.27. The van der Waals surface area contributed by atoms with Crippen LogP contribution in [0.4, 0.5) is 0 Å². The number of quaternary nitrogens is 1. The molecule has 0 saturated carbocycles. The quantitative estimate of drug-likeness (QED) is 0.111. The molecule has 2 aliphatic heterocycles. The Morgan fingerprint density at radius 3 is 2.38 bits per heavy atom. The number of hydroxylamine groups is 3. The van der Waals surface area contributed by atoms with E-state index in [-0.39, 0.29) is 0 Å². The van der Waals surface area contributed by atoms with Gasteiger partial charge in [0.2, 0.25) is 0 Å². The summed E-state index contributed by atoms with van der Waals surface area (Å²) in [5.74, 6) is 0.883. The fourth-order valence-electron chi connectivity index (χ4n) is 4.58. The van der Waals surface area contributed by atoms with Crippen LogP contribution in [0.1, 0.15) is 77.8 Å². The van der Waals surface area contributed by atoms with E-state index in [0.29, 0.717) is 24.6 Å². The van der Waals surface area contributed by atoms with E-state index in [1.807, 2.05) is 27.0 Å². The molecule has 0 aromatic heterocycles. The monoisotopic (exact) mass is 541 g/mol. The Bertz CT molecular complexity index is 969. The zero-order chi connectivity index (χ0) is 28.5. The van der Waals surface area contributed by atoms with Gasteiger partial charge in [-0.25, -0.2) is 4.84 Å². The fourth-order valence-corrected chi connectivity index (χ4v) is 4.58. The van der Waals surface area contributed by atoms with Crippen LogP contribution in [0.25, 0.3) is 0 Å². The minimum Gasteiger partial charge on any atom is -0.447 e. The minimum atomic E-state index is 0.462. The largest absolute Gasteiger partial charge is 0.447 e. The Morgan fingerprint density at radius 1 is 1.08 bits per heavy atom. The van der Waals surface area contributed by atoms with Crippen molar-refractivity contribution >= 4 is 6.21 Å². The van der Waals surface area contributed by atoms with Crippen LogP contribution >= 0.6 is 0 Å². The minimum absolute atomic E-state index is 0.462. The molecule has 1 aromatic rings. The number of likely N-dealkylation sites (tertiary alicyclic amines) is 1. The number of aryl methyl sites for hydroxylation is 1. The number of rotatable bonds is 11. The van der Waals surface area contributed by atoms with Crippen molar-refractivity contribution in [2.75, 3.05) is 53.2 Å². The van der Waals surface area contributed by atoms with E-state index in [1.165, 1.54) is 36.8 Å². The van der Waals surface area contributed by atoms with E-state index >= 15 is 0 Å². The lowest BCUT2D eigenvalue weighted by molar-refractivity contribution is -1.12. The maximum Gasteiger partial charge on any atom is 0.252 e. The molecule has 2 heterocycles. The molecule has 39 heavy (non-hydrogen) atoms. The molecule has 218 valence electrons. The summed E-state index contributed by atoms with van der Waals surface area (Å²) in [5, 5.41) is 4.59. The standard InChI is InChI=1S/C30H47N4O3.C2H6/c1-6-26(3)30(32-31-23-28-13-11-12-25(2)20-28)22-29(33-14-9-7-8-10-15-33)21-27(4)37-24-34(35-5)16-18-36-19-17-34;1-2/h11-13,20-23,32H,6-10,14-19,24H2,1-5H3;1-2H3/q+1;/b27-21+,29-22+,30-26-,31-23+;. The van der Waals surface area contributed by atoms with Crippen LogP contribution in [0.2, 0.25) is 0 Å². The van der Waals surface area contributed by atoms with Crippen molar-refractivity contribution in [3.05, 3.63) is 70.3 Å². The van der Waals surface area contributed by atoms with Crippen LogP contribution in [-0.4, -0.2) is 69.0 Å². The van der Waals surface area contributed by atoms with Crippen molar-refractivity contribution in [3.63, 3.8) is 0 Å². The first-order chi connectivity index (χ1) is 18.9. The van der Waals surface area contributed by atoms with Gasteiger partial charge in [0.15, 0.2) is 0 Å². The Kier molecular flexibility index (Phi) is 14.9. The van der Waals surface area contributed by atoms with Gasteiger partial charge in [-0.1, -0.05) is 63.4 Å². The van der Waals surface area contributed by atoms with Gasteiger partial charge in [0, 0.05) is 18.8 Å². The molecule has 0 spiro atoms. The number of hydrogen-bond donors (Lipinski definition) is 1. The summed E-state index contributed by atoms with van der Waals surface area (Å²) in [7, 11) is 1.75. The number of benzene rings is 1. The molecule has 7 heteroatoms. The van der Waals surface area contributed by atoms with Gasteiger partial charge >= 0.3 is 0 Å². The lowest BCUT2D eigenvalue weighted by Crippen LogP contribution is -2.55. The maximum absolute atomic E-state index is 6.27. The van der Waals surface area contributed by atoms with Gasteiger partial charge in [0.25, 0.3) is 6.73 Å². The normalized spacial score (nSPS) is 19.1. The van der Waals surface area contributed by atoms with E-state index in [2.05, 4.69) is 72.6 Å². The summed E-state index contributed by atoms with van der Waals surface area (Å²) >= 11 is 0. The second-order valence-corrected chi connectivity index (χ2v) is 10.1. The molecule has 0 amide bonds. The zero-order valence-electron chi connectivity index (χ0n) is 25.6. The smallest absolute Gasteiger partial charge is 0.252 e. The van der Waals surface area contributed by atoms with Crippen LogP contribution < -0.4 is 5.43 Å². The van der Waals surface area contributed by atoms with Crippen LogP contribution in [0.5, 0.6) is 0 Å². The predicted octanol–water partition coefficient (Wildman–Crippen LogP) is 6.67. The molecule has 0 atom stereocenters. The number of nitrogens with zero attached hydrogens (tertiary/aromatic N) is 3. The van der Waals surface area contributed by atoms with E-state index < -0.39 is 0 Å². The van der Waals surface area contributed by atoms with E-state index in [1.54, 1.807) is 7.11 Å². The van der Waals surface area contributed by atoms with Crippen LogP contribution in [0, 0.1) is 6.92 Å². The van der Waals surface area contributed by atoms with Crippen molar-refractivity contribution < 1.29 is 19.0 Å². The highest BCUT2D eigenvalue weighted by Gasteiger charge is 2.32. The van der Waals surface area contributed by atoms with Crippen LogP contribution in [0.3, 0.4) is 0 Å². The van der Waals surface area contributed by atoms with Crippen molar-refractivity contribution in [3.8, 4) is 0 Å². The number of allylic oxidation sites excluding steroid dienone is 4. The number of morpholine rings is 1. The first-order valence-corrected chi connectivity index (χ1v) is 14.8. The van der Waals surface area contributed by atoms with Crippen molar-refractivity contribution in [1.29, 1.82) is 0 Å². The van der Waals surface area contributed by atoms with Gasteiger partial charge < -0.3 is 14.4 Å². The third kappa shape index (κ3) is 11.2. The molecular weight excluding hydrogens is 488 g/mol. The third-order valence-corrected chi connectivity index (χ3v) is 7.25. The average molecular weight is 542 g/mol. The lowest BCUT2D eigenvalue weighted by atomic mass is 10.1. The zero-order valence-corrected chi connectivity index (χ0v) is 25.6. The van der Waals surface area contributed by atoms with Gasteiger partial charge in [-0.05, 0) is 63.3 Å². The molecule has 2 saturated heterocycles. The van der Waals surface area contributed by atoms with E-state index in [0.717, 1.165) is 55.3 Å². The molecule has 0 unspecified atom stereocenters. The Labute approximate surface area is 237 Å². The first-order valence-electron chi connectivity index (χ1n) is 14.8. The molecule has 3 rings (SSSR count). The summed E-state index contributed by atoms with van der Waals surface area (Å²) in [4.78, 5) is 8.30. The predicted molar refractivity (Wildman–Crippen MR) is 162 cm³/mol. The number of hydrazone groups is 1. The summed E-state index contributed by atoms with van der Waals surface area (Å²) in [5.41, 5.74) is 9.09. The third-order valence-electron chi connectivity index (χ3n) is 7.25. The fraction of sp³-hybridized carbons (Fsp3) is 0.594. The van der Waals surface area contributed by atoms with Gasteiger partial charge in [0.05, 0.1) is 32.2 Å². The van der Waals surface area contributed by atoms with E-state index in [4.69, 9.17) is 14.3 Å². The SMILES string of the molecule is CC.CC/C(C)=C(/C=C(\C=C(/C)OC[N+]1(OC)CCOCC1)N1CCCCCC1)N/N=C/c1cccc(C)c1. The summed E-state index contributed by atoms with van der Waals surface area (Å²) < 4.78 is 12.3. The second kappa shape index (κ2) is 17.9. The average Bonchev–Trinajstić information content (AvgIpc) is 3.26. The summed E-state index contributed by atoms with van der Waals surface area (Å²) in [6.07, 6.45) is 12.2. The van der Waals surface area contributed by atoms with Crippen molar-refractivity contribution in [1.82, 2.24) is 10.3 Å². The number of ether oxygens (including phenoxy) is 2. The topological polar surface area (TPSA) is 55.3 Å². The highest BCUT2D eigenvalue weighted by atomic mass is 16.7. The van der Waals surface area contributed by atoms with E-state index in [9.17, 15) is 0 Å². The Hall–Kier alpha value is -2.61. The summed E-state index contributed by atoms with van der Waals surface area (Å²) in [6.45, 7) is 18.0. The van der Waals surface area contributed by atoms with Crippen molar-refractivity contribution in [2.45, 2.75) is 73.6 Å². The van der Waals surface area contributed by atoms with Gasteiger partial charge in [-0.2, -0.15) is 5.10 Å². The Balaban J connectivity index is 0.00000260.